The first kappa shape index (κ1) is 23.3. The average molecular weight is 484 g/mol. The molecule has 0 aliphatic carbocycles. The molecule has 0 aliphatic rings. The maximum Gasteiger partial charge on any atom is 0.341 e. The van der Waals surface area contributed by atoms with E-state index >= 15 is 0 Å². The Kier molecular flexibility index (Phi) is 6.84. The molecule has 0 unspecified atom stereocenters. The molecule has 0 spiro atoms. The van der Waals surface area contributed by atoms with Crippen LogP contribution >= 0.6 is 11.3 Å². The smallest absolute Gasteiger partial charge is 0.341 e. The largest absolute Gasteiger partial charge is 0.449 e. The fourth-order valence-electron chi connectivity index (χ4n) is 2.50. The van der Waals surface area contributed by atoms with Gasteiger partial charge < -0.3 is 10.1 Å². The van der Waals surface area contributed by atoms with Crippen molar-refractivity contribution in [2.24, 2.45) is 0 Å². The number of halogens is 3. The molecular formula is C20H15F3N2O5S2. The summed E-state index contributed by atoms with van der Waals surface area (Å²) in [4.78, 5) is 24.8. The lowest BCUT2D eigenvalue weighted by molar-refractivity contribution is -0.123. The van der Waals surface area contributed by atoms with Gasteiger partial charge in [-0.1, -0.05) is 18.2 Å². The van der Waals surface area contributed by atoms with Gasteiger partial charge in [-0.3, -0.25) is 9.52 Å². The number of hydrogen-bond acceptors (Lipinski definition) is 6. The molecule has 1 amide bonds. The number of esters is 1. The fourth-order valence-corrected chi connectivity index (χ4v) is 4.57. The lowest BCUT2D eigenvalue weighted by atomic mass is 10.2. The van der Waals surface area contributed by atoms with Crippen LogP contribution in [-0.2, 0) is 19.6 Å². The summed E-state index contributed by atoms with van der Waals surface area (Å²) < 4.78 is 72.3. The standard InChI is InChI=1S/C20H15F3N2O5S2/c1-11(19(26)24-15-9-8-13(21)17(22)18(15)23)30-20(27)12-5-2-3-6-14(12)25-32(28,29)16-7-4-10-31-16/h2-11,25H,1H3,(H,24,26)/t11-/m0/s1. The summed E-state index contributed by atoms with van der Waals surface area (Å²) in [5.74, 6) is -6.85. The van der Waals surface area contributed by atoms with Crippen LogP contribution in [-0.4, -0.2) is 26.4 Å². The maximum atomic E-state index is 13.7. The van der Waals surface area contributed by atoms with E-state index in [1.807, 2.05) is 5.32 Å². The Hall–Kier alpha value is -3.38. The van der Waals surface area contributed by atoms with Crippen LogP contribution in [0.4, 0.5) is 24.5 Å². The average Bonchev–Trinajstić information content (AvgIpc) is 3.30. The van der Waals surface area contributed by atoms with Crippen molar-refractivity contribution in [2.45, 2.75) is 17.2 Å². The number of amides is 1. The quantitative estimate of drug-likeness (QED) is 0.388. The zero-order valence-electron chi connectivity index (χ0n) is 16.3. The van der Waals surface area contributed by atoms with Crippen LogP contribution in [0.3, 0.4) is 0 Å². The molecular weight excluding hydrogens is 469 g/mol. The first-order valence-electron chi connectivity index (χ1n) is 8.91. The Morgan fingerprint density at radius 3 is 2.38 bits per heavy atom. The first-order valence-corrected chi connectivity index (χ1v) is 11.3. The lowest BCUT2D eigenvalue weighted by Gasteiger charge is -2.16. The molecule has 1 heterocycles. The van der Waals surface area contributed by atoms with Crippen LogP contribution < -0.4 is 10.0 Å². The number of carbonyl (C=O) groups is 2. The molecule has 0 fully saturated rings. The minimum atomic E-state index is -3.95. The first-order chi connectivity index (χ1) is 15.1. The molecule has 0 saturated heterocycles. The molecule has 1 aromatic heterocycles. The third kappa shape index (κ3) is 5.08. The third-order valence-electron chi connectivity index (χ3n) is 4.10. The van der Waals surface area contributed by atoms with Crippen molar-refractivity contribution in [3.63, 3.8) is 0 Å². The molecule has 3 rings (SSSR count). The van der Waals surface area contributed by atoms with Crippen molar-refractivity contribution < 1.29 is 35.9 Å². The summed E-state index contributed by atoms with van der Waals surface area (Å²) in [6.45, 7) is 1.17. The summed E-state index contributed by atoms with van der Waals surface area (Å²) in [7, 11) is -3.95. The highest BCUT2D eigenvalue weighted by Gasteiger charge is 2.25. The highest BCUT2D eigenvalue weighted by molar-refractivity contribution is 7.94. The van der Waals surface area contributed by atoms with Gasteiger partial charge in [-0.25, -0.2) is 26.4 Å². The summed E-state index contributed by atoms with van der Waals surface area (Å²) >= 11 is 0.981. The van der Waals surface area contributed by atoms with E-state index in [0.717, 1.165) is 17.4 Å². The Bertz CT molecular complexity index is 1260. The Morgan fingerprint density at radius 2 is 1.69 bits per heavy atom. The molecule has 0 aliphatic heterocycles. The number of anilines is 2. The SMILES string of the molecule is C[C@H](OC(=O)c1ccccc1NS(=O)(=O)c1cccs1)C(=O)Nc1ccc(F)c(F)c1F. The van der Waals surface area contributed by atoms with Crippen molar-refractivity contribution in [2.75, 3.05) is 10.0 Å². The molecule has 3 aromatic rings. The van der Waals surface area contributed by atoms with Crippen LogP contribution in [0.5, 0.6) is 0 Å². The van der Waals surface area contributed by atoms with Crippen molar-refractivity contribution >= 4 is 44.6 Å². The minimum absolute atomic E-state index is 0.0296. The molecule has 1 atom stereocenters. The van der Waals surface area contributed by atoms with Gasteiger partial charge in [0.1, 0.15) is 4.21 Å². The van der Waals surface area contributed by atoms with Gasteiger partial charge in [-0.05, 0) is 42.6 Å². The van der Waals surface area contributed by atoms with Crippen molar-refractivity contribution in [3.8, 4) is 0 Å². The van der Waals surface area contributed by atoms with E-state index in [1.54, 1.807) is 11.4 Å². The van der Waals surface area contributed by atoms with Gasteiger partial charge >= 0.3 is 5.97 Å². The molecule has 32 heavy (non-hydrogen) atoms. The second kappa shape index (κ2) is 9.40. The molecule has 2 N–H and O–H groups in total. The van der Waals surface area contributed by atoms with Gasteiger partial charge in [-0.15, -0.1) is 11.3 Å². The van der Waals surface area contributed by atoms with Crippen molar-refractivity contribution in [3.05, 3.63) is 76.9 Å². The third-order valence-corrected chi connectivity index (χ3v) is 6.86. The number of thiophene rings is 1. The van der Waals surface area contributed by atoms with E-state index in [1.165, 1.54) is 37.3 Å². The van der Waals surface area contributed by atoms with Crippen LogP contribution in [0.25, 0.3) is 0 Å². The molecule has 2 aromatic carbocycles. The number of hydrogen-bond donors (Lipinski definition) is 2. The number of nitrogens with one attached hydrogen (secondary N) is 2. The number of sulfonamides is 1. The Morgan fingerprint density at radius 1 is 0.969 bits per heavy atom. The number of benzene rings is 2. The van der Waals surface area contributed by atoms with Gasteiger partial charge in [0.25, 0.3) is 15.9 Å². The second-order valence-electron chi connectivity index (χ2n) is 6.34. The predicted molar refractivity (Wildman–Crippen MR) is 111 cm³/mol. The summed E-state index contributed by atoms with van der Waals surface area (Å²) in [5, 5.41) is 3.57. The van der Waals surface area contributed by atoms with E-state index in [2.05, 4.69) is 4.72 Å². The van der Waals surface area contributed by atoms with Gasteiger partial charge in [0.2, 0.25) is 0 Å². The van der Waals surface area contributed by atoms with Gasteiger partial charge in [-0.2, -0.15) is 0 Å². The second-order valence-corrected chi connectivity index (χ2v) is 9.20. The minimum Gasteiger partial charge on any atom is -0.449 e. The van der Waals surface area contributed by atoms with Crippen molar-refractivity contribution in [1.29, 1.82) is 0 Å². The van der Waals surface area contributed by atoms with E-state index in [-0.39, 0.29) is 15.5 Å². The number of rotatable bonds is 7. The maximum absolute atomic E-state index is 13.7. The zero-order valence-corrected chi connectivity index (χ0v) is 17.9. The van der Waals surface area contributed by atoms with Gasteiger partial charge in [0.15, 0.2) is 23.6 Å². The van der Waals surface area contributed by atoms with Crippen molar-refractivity contribution in [1.82, 2.24) is 0 Å². The normalized spacial score (nSPS) is 12.1. The van der Waals surface area contributed by atoms with Crippen LogP contribution in [0.15, 0.2) is 58.1 Å². The lowest BCUT2D eigenvalue weighted by Crippen LogP contribution is -2.30. The molecule has 0 radical (unpaired) electrons. The van der Waals surface area contributed by atoms with Gasteiger partial charge in [0, 0.05) is 0 Å². The van der Waals surface area contributed by atoms with Crippen LogP contribution in [0.1, 0.15) is 17.3 Å². The Balaban J connectivity index is 1.73. The summed E-state index contributed by atoms with van der Waals surface area (Å²) in [6.07, 6.45) is -1.48. The predicted octanol–water partition coefficient (Wildman–Crippen LogP) is 4.15. The summed E-state index contributed by atoms with van der Waals surface area (Å²) in [5.41, 5.74) is -0.891. The highest BCUT2D eigenvalue weighted by Crippen LogP contribution is 2.24. The Labute approximate surface area is 184 Å². The monoisotopic (exact) mass is 484 g/mol. The molecule has 0 bridgehead atoms. The molecule has 0 saturated carbocycles. The van der Waals surface area contributed by atoms with E-state index < -0.39 is 51.1 Å². The number of carbonyl (C=O) groups excluding carboxylic acids is 2. The fraction of sp³-hybridized carbons (Fsp3) is 0.100. The van der Waals surface area contributed by atoms with E-state index in [0.29, 0.717) is 6.07 Å². The summed E-state index contributed by atoms with van der Waals surface area (Å²) in [6, 6.07) is 9.95. The topological polar surface area (TPSA) is 102 Å². The van der Waals surface area contributed by atoms with E-state index in [9.17, 15) is 31.2 Å². The number of para-hydroxylation sites is 1. The molecule has 168 valence electrons. The van der Waals surface area contributed by atoms with E-state index in [4.69, 9.17) is 4.74 Å². The highest BCUT2D eigenvalue weighted by atomic mass is 32.2. The molecule has 7 nitrogen and oxygen atoms in total. The number of ether oxygens (including phenoxy) is 1. The van der Waals surface area contributed by atoms with Gasteiger partial charge in [0.05, 0.1) is 16.9 Å². The zero-order chi connectivity index (χ0) is 23.5. The molecule has 12 heteroatoms. The van der Waals surface area contributed by atoms with Crippen LogP contribution in [0.2, 0.25) is 0 Å². The van der Waals surface area contributed by atoms with Crippen LogP contribution in [0, 0.1) is 17.5 Å².